The minimum atomic E-state index is -1.06. The van der Waals surface area contributed by atoms with Crippen molar-refractivity contribution in [3.8, 4) is 0 Å². The highest BCUT2D eigenvalue weighted by atomic mass is 16.5. The number of nitrogens with zero attached hydrogens (tertiary/aromatic N) is 1. The summed E-state index contributed by atoms with van der Waals surface area (Å²) in [6.45, 7) is 1.82. The van der Waals surface area contributed by atoms with E-state index < -0.39 is 5.97 Å². The van der Waals surface area contributed by atoms with Gasteiger partial charge in [0.25, 0.3) is 5.91 Å². The van der Waals surface area contributed by atoms with Crippen LogP contribution in [0.5, 0.6) is 0 Å². The SMILES string of the molecule is COCCN(CC(=O)O)C(=O)c1ccoc1C. The summed E-state index contributed by atoms with van der Waals surface area (Å²) < 4.78 is 9.86. The van der Waals surface area contributed by atoms with Crippen LogP contribution < -0.4 is 0 Å². The topological polar surface area (TPSA) is 80.0 Å². The van der Waals surface area contributed by atoms with Crippen molar-refractivity contribution in [2.45, 2.75) is 6.92 Å². The van der Waals surface area contributed by atoms with E-state index in [0.29, 0.717) is 11.3 Å². The van der Waals surface area contributed by atoms with E-state index >= 15 is 0 Å². The van der Waals surface area contributed by atoms with Crippen LogP contribution in [0.1, 0.15) is 16.1 Å². The Hall–Kier alpha value is -1.82. The molecule has 0 bridgehead atoms. The molecule has 0 saturated heterocycles. The number of carboxylic acid groups (broad SMARTS) is 1. The number of aryl methyl sites for hydroxylation is 1. The van der Waals surface area contributed by atoms with Gasteiger partial charge in [-0.1, -0.05) is 0 Å². The number of carbonyl (C=O) groups excluding carboxylic acids is 1. The van der Waals surface area contributed by atoms with Gasteiger partial charge < -0.3 is 19.2 Å². The summed E-state index contributed by atoms with van der Waals surface area (Å²) in [7, 11) is 1.49. The van der Waals surface area contributed by atoms with Crippen LogP contribution in [-0.2, 0) is 9.53 Å². The third-order valence-electron chi connectivity index (χ3n) is 2.27. The fourth-order valence-electron chi connectivity index (χ4n) is 1.39. The fraction of sp³-hybridized carbons (Fsp3) is 0.455. The molecule has 0 fully saturated rings. The van der Waals surface area contributed by atoms with Gasteiger partial charge in [-0.15, -0.1) is 0 Å². The maximum absolute atomic E-state index is 12.0. The molecule has 6 nitrogen and oxygen atoms in total. The number of ether oxygens (including phenoxy) is 1. The van der Waals surface area contributed by atoms with Gasteiger partial charge in [0, 0.05) is 13.7 Å². The summed E-state index contributed by atoms with van der Waals surface area (Å²) in [6.07, 6.45) is 1.40. The zero-order chi connectivity index (χ0) is 12.8. The molecule has 1 N–H and O–H groups in total. The van der Waals surface area contributed by atoms with Gasteiger partial charge in [-0.3, -0.25) is 9.59 Å². The summed E-state index contributed by atoms with van der Waals surface area (Å²) in [5, 5.41) is 8.74. The largest absolute Gasteiger partial charge is 0.480 e. The van der Waals surface area contributed by atoms with Crippen LogP contribution in [0, 0.1) is 6.92 Å². The monoisotopic (exact) mass is 241 g/mol. The molecule has 1 aromatic heterocycles. The van der Waals surface area contributed by atoms with Gasteiger partial charge in [0.05, 0.1) is 18.4 Å². The molecule has 17 heavy (non-hydrogen) atoms. The first kappa shape index (κ1) is 13.2. The number of carboxylic acids is 1. The zero-order valence-corrected chi connectivity index (χ0v) is 9.80. The molecule has 0 saturated carbocycles. The van der Waals surface area contributed by atoms with Gasteiger partial charge >= 0.3 is 5.97 Å². The van der Waals surface area contributed by atoms with E-state index in [1.165, 1.54) is 24.3 Å². The van der Waals surface area contributed by atoms with Crippen molar-refractivity contribution in [3.05, 3.63) is 23.7 Å². The van der Waals surface area contributed by atoms with Crippen LogP contribution in [0.25, 0.3) is 0 Å². The Bertz CT molecular complexity index is 398. The summed E-state index contributed by atoms with van der Waals surface area (Å²) in [4.78, 5) is 23.9. The van der Waals surface area contributed by atoms with E-state index in [4.69, 9.17) is 14.3 Å². The number of furan rings is 1. The molecule has 0 unspecified atom stereocenters. The predicted molar refractivity (Wildman–Crippen MR) is 58.9 cm³/mol. The molecule has 94 valence electrons. The number of aliphatic carboxylic acids is 1. The fourth-order valence-corrected chi connectivity index (χ4v) is 1.39. The van der Waals surface area contributed by atoms with Gasteiger partial charge in [-0.2, -0.15) is 0 Å². The summed E-state index contributed by atoms with van der Waals surface area (Å²) >= 11 is 0. The normalized spacial score (nSPS) is 10.2. The Morgan fingerprint density at radius 3 is 2.71 bits per heavy atom. The first-order valence-corrected chi connectivity index (χ1v) is 5.10. The number of hydrogen-bond donors (Lipinski definition) is 1. The molecule has 0 aliphatic carbocycles. The number of methoxy groups -OCH3 is 1. The third-order valence-corrected chi connectivity index (χ3v) is 2.27. The number of carbonyl (C=O) groups is 2. The lowest BCUT2D eigenvalue weighted by Gasteiger charge is -2.19. The summed E-state index contributed by atoms with van der Waals surface area (Å²) in [5.41, 5.74) is 0.377. The number of rotatable bonds is 6. The molecular formula is C11H15NO5. The Morgan fingerprint density at radius 1 is 1.53 bits per heavy atom. The van der Waals surface area contributed by atoms with Crippen LogP contribution in [0.3, 0.4) is 0 Å². The molecule has 0 aliphatic heterocycles. The molecule has 0 atom stereocenters. The van der Waals surface area contributed by atoms with Gasteiger partial charge in [0.2, 0.25) is 0 Å². The van der Waals surface area contributed by atoms with Crippen molar-refractivity contribution in [2.24, 2.45) is 0 Å². The van der Waals surface area contributed by atoms with E-state index in [0.717, 1.165) is 0 Å². The zero-order valence-electron chi connectivity index (χ0n) is 9.80. The van der Waals surface area contributed by atoms with Crippen molar-refractivity contribution in [2.75, 3.05) is 26.8 Å². The third kappa shape index (κ3) is 3.60. The highest BCUT2D eigenvalue weighted by molar-refractivity contribution is 5.96. The molecule has 6 heteroatoms. The predicted octanol–water partition coefficient (Wildman–Crippen LogP) is 0.761. The Balaban J connectivity index is 2.78. The van der Waals surface area contributed by atoms with Crippen molar-refractivity contribution >= 4 is 11.9 Å². The minimum Gasteiger partial charge on any atom is -0.480 e. The highest BCUT2D eigenvalue weighted by Crippen LogP contribution is 2.11. The second kappa shape index (κ2) is 6.05. The molecule has 0 aliphatic rings. The van der Waals surface area contributed by atoms with E-state index in [-0.39, 0.29) is 25.6 Å². The quantitative estimate of drug-likeness (QED) is 0.795. The van der Waals surface area contributed by atoms with E-state index in [2.05, 4.69) is 0 Å². The van der Waals surface area contributed by atoms with Gasteiger partial charge in [0.1, 0.15) is 12.3 Å². The average Bonchev–Trinajstić information content (AvgIpc) is 2.69. The molecular weight excluding hydrogens is 226 g/mol. The van der Waals surface area contributed by atoms with Crippen molar-refractivity contribution < 1.29 is 23.8 Å². The van der Waals surface area contributed by atoms with Crippen molar-refractivity contribution in [3.63, 3.8) is 0 Å². The Labute approximate surface area is 98.8 Å². The lowest BCUT2D eigenvalue weighted by Crippen LogP contribution is -2.38. The van der Waals surface area contributed by atoms with Crippen molar-refractivity contribution in [1.29, 1.82) is 0 Å². The van der Waals surface area contributed by atoms with E-state index in [1.54, 1.807) is 6.92 Å². The second-order valence-corrected chi connectivity index (χ2v) is 3.50. The maximum atomic E-state index is 12.0. The Morgan fingerprint density at radius 2 is 2.24 bits per heavy atom. The number of hydrogen-bond acceptors (Lipinski definition) is 4. The second-order valence-electron chi connectivity index (χ2n) is 3.50. The van der Waals surface area contributed by atoms with Gasteiger partial charge in [-0.25, -0.2) is 0 Å². The standard InChI is InChI=1S/C11H15NO5/c1-8-9(3-5-17-8)11(15)12(4-6-16-2)7-10(13)14/h3,5H,4,6-7H2,1-2H3,(H,13,14). The molecule has 0 spiro atoms. The van der Waals surface area contributed by atoms with Crippen LogP contribution >= 0.6 is 0 Å². The van der Waals surface area contributed by atoms with Crippen molar-refractivity contribution in [1.82, 2.24) is 4.90 Å². The Kier molecular flexibility index (Phi) is 4.71. The first-order valence-electron chi connectivity index (χ1n) is 5.10. The number of amides is 1. The lowest BCUT2D eigenvalue weighted by molar-refractivity contribution is -0.137. The van der Waals surface area contributed by atoms with Crippen LogP contribution in [0.4, 0.5) is 0 Å². The highest BCUT2D eigenvalue weighted by Gasteiger charge is 2.21. The molecule has 1 aromatic rings. The molecule has 1 rings (SSSR count). The van der Waals surface area contributed by atoms with Gasteiger partial charge in [0.15, 0.2) is 0 Å². The summed E-state index contributed by atoms with van der Waals surface area (Å²) in [6, 6.07) is 1.53. The average molecular weight is 241 g/mol. The first-order chi connectivity index (χ1) is 8.06. The van der Waals surface area contributed by atoms with E-state index in [1.807, 2.05) is 0 Å². The molecule has 0 aromatic carbocycles. The molecule has 1 amide bonds. The van der Waals surface area contributed by atoms with Crippen LogP contribution in [0.15, 0.2) is 16.7 Å². The van der Waals surface area contributed by atoms with Crippen LogP contribution in [-0.4, -0.2) is 48.7 Å². The van der Waals surface area contributed by atoms with Crippen LogP contribution in [0.2, 0.25) is 0 Å². The maximum Gasteiger partial charge on any atom is 0.323 e. The summed E-state index contributed by atoms with van der Waals surface area (Å²) in [5.74, 6) is -0.950. The molecule has 1 heterocycles. The smallest absolute Gasteiger partial charge is 0.323 e. The molecule has 0 radical (unpaired) electrons. The minimum absolute atomic E-state index is 0.228. The van der Waals surface area contributed by atoms with E-state index in [9.17, 15) is 9.59 Å². The lowest BCUT2D eigenvalue weighted by atomic mass is 10.2. The van der Waals surface area contributed by atoms with Gasteiger partial charge in [-0.05, 0) is 13.0 Å².